The van der Waals surface area contributed by atoms with Crippen molar-refractivity contribution in [3.63, 3.8) is 0 Å². The van der Waals surface area contributed by atoms with Gasteiger partial charge < -0.3 is 19.7 Å². The van der Waals surface area contributed by atoms with Crippen LogP contribution in [0.3, 0.4) is 0 Å². The van der Waals surface area contributed by atoms with Crippen molar-refractivity contribution in [2.45, 2.75) is 12.5 Å². The summed E-state index contributed by atoms with van der Waals surface area (Å²) in [7, 11) is 1.94. The third-order valence-electron chi connectivity index (χ3n) is 6.08. The van der Waals surface area contributed by atoms with Gasteiger partial charge in [-0.2, -0.15) is 5.10 Å². The van der Waals surface area contributed by atoms with Gasteiger partial charge in [-0.25, -0.2) is 9.97 Å². The molecule has 1 saturated heterocycles. The van der Waals surface area contributed by atoms with Gasteiger partial charge in [0.1, 0.15) is 0 Å². The molecule has 0 radical (unpaired) electrons. The first-order valence-electron chi connectivity index (χ1n) is 10.7. The van der Waals surface area contributed by atoms with E-state index in [0.717, 1.165) is 52.1 Å². The van der Waals surface area contributed by atoms with Crippen LogP contribution < -0.4 is 10.2 Å². The molecule has 8 nitrogen and oxygen atoms in total. The van der Waals surface area contributed by atoms with Crippen LogP contribution in [0.15, 0.2) is 67.3 Å². The molecule has 1 unspecified atom stereocenters. The zero-order valence-corrected chi connectivity index (χ0v) is 17.7. The first kappa shape index (κ1) is 18.8. The maximum absolute atomic E-state index is 9.80. The number of rotatable bonds is 4. The van der Waals surface area contributed by atoms with Crippen LogP contribution in [0, 0.1) is 0 Å². The summed E-state index contributed by atoms with van der Waals surface area (Å²) in [6.07, 6.45) is 8.14. The largest absolute Gasteiger partial charge is 0.391 e. The summed E-state index contributed by atoms with van der Waals surface area (Å²) in [5.74, 6) is 0.696. The number of imidazole rings is 1. The molecule has 0 amide bonds. The van der Waals surface area contributed by atoms with E-state index in [0.29, 0.717) is 12.4 Å². The van der Waals surface area contributed by atoms with Crippen LogP contribution in [0.2, 0.25) is 0 Å². The monoisotopic (exact) mass is 425 g/mol. The van der Waals surface area contributed by atoms with Crippen molar-refractivity contribution in [3.05, 3.63) is 67.3 Å². The van der Waals surface area contributed by atoms with Gasteiger partial charge in [0.15, 0.2) is 11.5 Å². The molecule has 0 spiro atoms. The Bertz CT molecular complexity index is 1420. The molecule has 6 rings (SSSR count). The molecule has 0 bridgehead atoms. The Kier molecular flexibility index (Phi) is 4.32. The average Bonchev–Trinajstić information content (AvgIpc) is 3.54. The van der Waals surface area contributed by atoms with E-state index in [-0.39, 0.29) is 6.10 Å². The van der Waals surface area contributed by atoms with E-state index >= 15 is 0 Å². The number of aliphatic hydroxyl groups excluding tert-OH is 1. The highest BCUT2D eigenvalue weighted by atomic mass is 16.3. The molecule has 2 N–H and O–H groups in total. The minimum atomic E-state index is -0.237. The van der Waals surface area contributed by atoms with E-state index in [4.69, 9.17) is 4.98 Å². The highest BCUT2D eigenvalue weighted by molar-refractivity contribution is 5.84. The number of hydrogen-bond donors (Lipinski definition) is 2. The van der Waals surface area contributed by atoms with Gasteiger partial charge in [0.05, 0.1) is 23.5 Å². The maximum Gasteiger partial charge on any atom is 0.180 e. The van der Waals surface area contributed by atoms with E-state index in [9.17, 15) is 5.11 Å². The molecule has 3 aromatic heterocycles. The van der Waals surface area contributed by atoms with Crippen molar-refractivity contribution in [3.8, 4) is 11.3 Å². The Morgan fingerprint density at radius 3 is 2.81 bits per heavy atom. The molecule has 0 aliphatic carbocycles. The zero-order valence-electron chi connectivity index (χ0n) is 17.7. The number of aromatic nitrogens is 5. The second-order valence-electron chi connectivity index (χ2n) is 8.24. The number of aryl methyl sites for hydroxylation is 1. The molecule has 4 heterocycles. The highest BCUT2D eigenvalue weighted by Gasteiger charge is 2.20. The minimum Gasteiger partial charge on any atom is -0.391 e. The average molecular weight is 425 g/mol. The summed E-state index contributed by atoms with van der Waals surface area (Å²) in [4.78, 5) is 11.6. The second-order valence-corrected chi connectivity index (χ2v) is 8.24. The Morgan fingerprint density at radius 2 is 2.00 bits per heavy atom. The van der Waals surface area contributed by atoms with Gasteiger partial charge in [0.25, 0.3) is 0 Å². The minimum absolute atomic E-state index is 0.237. The molecule has 1 atom stereocenters. The van der Waals surface area contributed by atoms with E-state index < -0.39 is 0 Å². The number of aliphatic hydroxyl groups is 1. The van der Waals surface area contributed by atoms with Crippen molar-refractivity contribution in [1.29, 1.82) is 0 Å². The van der Waals surface area contributed by atoms with Crippen molar-refractivity contribution < 1.29 is 5.11 Å². The van der Waals surface area contributed by atoms with Gasteiger partial charge in [-0.1, -0.05) is 12.1 Å². The summed E-state index contributed by atoms with van der Waals surface area (Å²) in [5, 5.41) is 18.7. The number of β-amino-alcohol motifs (C(OH)–C–C–N with tert-alkyl or cyclic N) is 1. The number of fused-ring (bicyclic) bond motifs is 2. The van der Waals surface area contributed by atoms with Crippen LogP contribution in [0.5, 0.6) is 0 Å². The second kappa shape index (κ2) is 7.35. The lowest BCUT2D eigenvalue weighted by Crippen LogP contribution is -2.20. The maximum atomic E-state index is 9.80. The summed E-state index contributed by atoms with van der Waals surface area (Å²) >= 11 is 0. The van der Waals surface area contributed by atoms with E-state index in [1.54, 1.807) is 6.20 Å². The smallest absolute Gasteiger partial charge is 0.180 e. The van der Waals surface area contributed by atoms with Gasteiger partial charge in [-0.05, 0) is 36.8 Å². The van der Waals surface area contributed by atoms with E-state index in [2.05, 4.69) is 50.6 Å². The molecular formula is C24H23N7O. The van der Waals surface area contributed by atoms with Gasteiger partial charge in [-0.15, -0.1) is 0 Å². The fourth-order valence-corrected chi connectivity index (χ4v) is 4.33. The number of nitrogens with one attached hydrogen (secondary N) is 1. The van der Waals surface area contributed by atoms with E-state index in [1.807, 2.05) is 46.9 Å². The lowest BCUT2D eigenvalue weighted by molar-refractivity contribution is 0.198. The first-order chi connectivity index (χ1) is 15.6. The van der Waals surface area contributed by atoms with Crippen LogP contribution in [0.4, 0.5) is 17.2 Å². The third-order valence-corrected chi connectivity index (χ3v) is 6.08. The molecule has 32 heavy (non-hydrogen) atoms. The standard InChI is InChI=1S/C24H23N7O/c1-29-22-12-16(2-3-17(22)13-26-29)21-15-31-11-9-25-24(31)23(28-21)27-18-4-6-19(7-5-18)30-10-8-20(32)14-30/h2-7,9,11-13,15,20,32H,8,10,14H2,1H3,(H,27,28). The van der Waals surface area contributed by atoms with Crippen molar-refractivity contribution in [1.82, 2.24) is 24.1 Å². The number of hydrogen-bond acceptors (Lipinski definition) is 6. The zero-order chi connectivity index (χ0) is 21.7. The molecule has 1 aliphatic heterocycles. The Hall–Kier alpha value is -3.91. The van der Waals surface area contributed by atoms with Crippen LogP contribution in [-0.2, 0) is 7.05 Å². The number of benzene rings is 2. The quantitative estimate of drug-likeness (QED) is 0.458. The van der Waals surface area contributed by atoms with Crippen molar-refractivity contribution in [2.75, 3.05) is 23.3 Å². The lowest BCUT2D eigenvalue weighted by atomic mass is 10.1. The van der Waals surface area contributed by atoms with Crippen molar-refractivity contribution in [2.24, 2.45) is 7.05 Å². The molecule has 1 aliphatic rings. The molecule has 8 heteroatoms. The third kappa shape index (κ3) is 3.25. The highest BCUT2D eigenvalue weighted by Crippen LogP contribution is 2.28. The Balaban J connectivity index is 1.34. The number of anilines is 3. The Labute approximate surface area is 184 Å². The molecular weight excluding hydrogens is 402 g/mol. The van der Waals surface area contributed by atoms with Gasteiger partial charge in [0.2, 0.25) is 0 Å². The Morgan fingerprint density at radius 1 is 1.12 bits per heavy atom. The summed E-state index contributed by atoms with van der Waals surface area (Å²) < 4.78 is 3.85. The summed E-state index contributed by atoms with van der Waals surface area (Å²) in [6, 6.07) is 14.5. The summed E-state index contributed by atoms with van der Waals surface area (Å²) in [6.45, 7) is 1.57. The molecule has 1 fully saturated rings. The van der Waals surface area contributed by atoms with Crippen molar-refractivity contribution >= 4 is 33.7 Å². The molecule has 5 aromatic rings. The molecule has 160 valence electrons. The predicted octanol–water partition coefficient (Wildman–Crippen LogP) is 3.60. The van der Waals surface area contributed by atoms with E-state index in [1.165, 1.54) is 0 Å². The summed E-state index contributed by atoms with van der Waals surface area (Å²) in [5.41, 5.74) is 5.75. The first-order valence-corrected chi connectivity index (χ1v) is 10.7. The lowest BCUT2D eigenvalue weighted by Gasteiger charge is -2.18. The predicted molar refractivity (Wildman–Crippen MR) is 125 cm³/mol. The fraction of sp³-hybridized carbons (Fsp3) is 0.208. The number of nitrogens with zero attached hydrogens (tertiary/aromatic N) is 6. The van der Waals surface area contributed by atoms with Gasteiger partial charge in [-0.3, -0.25) is 4.68 Å². The molecule has 0 saturated carbocycles. The fourth-order valence-electron chi connectivity index (χ4n) is 4.33. The van der Waals surface area contributed by atoms with Gasteiger partial charge in [0, 0.05) is 61.1 Å². The van der Waals surface area contributed by atoms with Crippen LogP contribution in [0.1, 0.15) is 6.42 Å². The van der Waals surface area contributed by atoms with Gasteiger partial charge >= 0.3 is 0 Å². The van der Waals surface area contributed by atoms with Crippen LogP contribution in [0.25, 0.3) is 27.8 Å². The topological polar surface area (TPSA) is 83.5 Å². The van der Waals surface area contributed by atoms with Crippen LogP contribution >= 0.6 is 0 Å². The normalized spacial score (nSPS) is 16.3. The SMILES string of the molecule is Cn1ncc2ccc(-c3cn4ccnc4c(Nc4ccc(N5CCC(O)C5)cc4)n3)cc21. The molecule has 2 aromatic carbocycles. The van der Waals surface area contributed by atoms with Crippen LogP contribution in [-0.4, -0.2) is 48.4 Å².